The van der Waals surface area contributed by atoms with E-state index in [2.05, 4.69) is 15.0 Å². The summed E-state index contributed by atoms with van der Waals surface area (Å²) in [5.74, 6) is 0. The molecule has 3 rings (SSSR count). The van der Waals surface area contributed by atoms with Crippen LogP contribution in [0.3, 0.4) is 0 Å². The number of imidazole rings is 1. The summed E-state index contributed by atoms with van der Waals surface area (Å²) in [6.07, 6.45) is 1.63. The van der Waals surface area contributed by atoms with Crippen LogP contribution in [0.5, 0.6) is 0 Å². The first-order chi connectivity index (χ1) is 8.65. The van der Waals surface area contributed by atoms with Crippen LogP contribution in [0.15, 0.2) is 17.8 Å². The molecule has 92 valence electrons. The van der Waals surface area contributed by atoms with Crippen LogP contribution in [0.4, 0.5) is 0 Å². The number of rotatable bonds is 2. The first-order valence-electron chi connectivity index (χ1n) is 5.28. The minimum Gasteiger partial charge on any atom is -0.329 e. The van der Waals surface area contributed by atoms with Gasteiger partial charge in [-0.15, -0.1) is 11.3 Å². The van der Waals surface area contributed by atoms with E-state index in [1.54, 1.807) is 17.5 Å². The zero-order valence-corrected chi connectivity index (χ0v) is 11.9. The highest BCUT2D eigenvalue weighted by atomic mass is 35.5. The molecule has 0 fully saturated rings. The van der Waals surface area contributed by atoms with Gasteiger partial charge < -0.3 is 4.98 Å². The second-order valence-corrected chi connectivity index (χ2v) is 5.66. The molecule has 0 aromatic carbocycles. The van der Waals surface area contributed by atoms with Crippen molar-refractivity contribution in [3.63, 3.8) is 0 Å². The maximum Gasteiger partial charge on any atom is 0.179 e. The molecule has 0 spiro atoms. The van der Waals surface area contributed by atoms with Crippen molar-refractivity contribution in [1.82, 2.24) is 19.5 Å². The predicted octanol–water partition coefficient (Wildman–Crippen LogP) is 3.56. The monoisotopic (exact) mass is 296 g/mol. The molecule has 4 nitrogen and oxygen atoms in total. The fraction of sp³-hybridized carbons (Fsp3) is 0.182. The van der Waals surface area contributed by atoms with Gasteiger partial charge in [-0.25, -0.2) is 9.97 Å². The Morgan fingerprint density at radius 1 is 1.50 bits per heavy atom. The van der Waals surface area contributed by atoms with Crippen LogP contribution in [-0.2, 0) is 6.54 Å². The molecule has 0 bridgehead atoms. The lowest BCUT2D eigenvalue weighted by Crippen LogP contribution is -2.00. The van der Waals surface area contributed by atoms with Crippen molar-refractivity contribution >= 4 is 46.3 Å². The largest absolute Gasteiger partial charge is 0.329 e. The Balaban J connectivity index is 2.15. The highest BCUT2D eigenvalue weighted by molar-refractivity contribution is 7.71. The number of pyridine rings is 1. The summed E-state index contributed by atoms with van der Waals surface area (Å²) in [7, 11) is 0. The van der Waals surface area contributed by atoms with E-state index in [-0.39, 0.29) is 0 Å². The highest BCUT2D eigenvalue weighted by Crippen LogP contribution is 2.20. The summed E-state index contributed by atoms with van der Waals surface area (Å²) in [5.41, 5.74) is 4.55. The van der Waals surface area contributed by atoms with E-state index in [1.165, 1.54) is 4.88 Å². The lowest BCUT2D eigenvalue weighted by atomic mass is 10.4. The molecule has 0 radical (unpaired) electrons. The highest BCUT2D eigenvalue weighted by Gasteiger charge is 2.09. The summed E-state index contributed by atoms with van der Waals surface area (Å²) in [6.45, 7) is 2.68. The zero-order valence-electron chi connectivity index (χ0n) is 9.48. The number of hydrogen-bond acceptors (Lipinski definition) is 4. The topological polar surface area (TPSA) is 46.5 Å². The first kappa shape index (κ1) is 11.8. The van der Waals surface area contributed by atoms with Gasteiger partial charge in [0.15, 0.2) is 10.4 Å². The quantitative estimate of drug-likeness (QED) is 0.736. The maximum atomic E-state index is 5.91. The number of nitrogens with zero attached hydrogens (tertiary/aromatic N) is 3. The maximum absolute atomic E-state index is 5.91. The van der Waals surface area contributed by atoms with Crippen molar-refractivity contribution in [2.75, 3.05) is 0 Å². The molecular formula is C11H9ClN4S2. The molecule has 0 aliphatic heterocycles. The molecule has 7 heteroatoms. The third-order valence-electron chi connectivity index (χ3n) is 2.72. The normalized spacial score (nSPS) is 11.2. The van der Waals surface area contributed by atoms with Gasteiger partial charge in [-0.2, -0.15) is 0 Å². The summed E-state index contributed by atoms with van der Waals surface area (Å²) < 4.78 is 2.61. The number of thiazole rings is 1. The molecule has 0 aliphatic rings. The van der Waals surface area contributed by atoms with Gasteiger partial charge in [-0.1, -0.05) is 11.6 Å². The van der Waals surface area contributed by atoms with Crippen LogP contribution in [0, 0.1) is 11.7 Å². The summed E-state index contributed by atoms with van der Waals surface area (Å²) in [4.78, 5) is 12.9. The third-order valence-corrected chi connectivity index (χ3v) is 4.17. The van der Waals surface area contributed by atoms with Gasteiger partial charge in [-0.3, -0.25) is 4.57 Å². The van der Waals surface area contributed by atoms with Crippen molar-refractivity contribution in [3.8, 4) is 0 Å². The molecular weight excluding hydrogens is 288 g/mol. The van der Waals surface area contributed by atoms with Gasteiger partial charge in [0.2, 0.25) is 0 Å². The molecule has 3 aromatic rings. The number of fused-ring (bicyclic) bond motifs is 1. The third kappa shape index (κ3) is 1.96. The Morgan fingerprint density at radius 3 is 3.06 bits per heavy atom. The molecule has 0 atom stereocenters. The fourth-order valence-corrected chi connectivity index (χ4v) is 2.97. The van der Waals surface area contributed by atoms with Crippen molar-refractivity contribution < 1.29 is 0 Å². The first-order valence-corrected chi connectivity index (χ1v) is 6.95. The summed E-state index contributed by atoms with van der Waals surface area (Å²) >= 11 is 12.9. The molecule has 1 N–H and O–H groups in total. The van der Waals surface area contributed by atoms with Gasteiger partial charge in [0.1, 0.15) is 0 Å². The van der Waals surface area contributed by atoms with Crippen LogP contribution in [0.25, 0.3) is 11.2 Å². The molecule has 0 saturated carbocycles. The van der Waals surface area contributed by atoms with Crippen molar-refractivity contribution in [2.45, 2.75) is 13.5 Å². The smallest absolute Gasteiger partial charge is 0.179 e. The second kappa shape index (κ2) is 4.46. The Bertz CT molecular complexity index is 771. The van der Waals surface area contributed by atoms with E-state index < -0.39 is 0 Å². The van der Waals surface area contributed by atoms with Crippen molar-refractivity contribution in [2.24, 2.45) is 0 Å². The Hall–Kier alpha value is -1.24. The molecule has 3 heterocycles. The van der Waals surface area contributed by atoms with Crippen LogP contribution in [0.1, 0.15) is 10.6 Å². The number of nitrogens with one attached hydrogen (secondary N) is 1. The van der Waals surface area contributed by atoms with Gasteiger partial charge in [0, 0.05) is 11.1 Å². The van der Waals surface area contributed by atoms with E-state index >= 15 is 0 Å². The van der Waals surface area contributed by atoms with E-state index in [9.17, 15) is 0 Å². The van der Waals surface area contributed by atoms with Crippen LogP contribution in [0.2, 0.25) is 5.02 Å². The molecule has 0 aliphatic carbocycles. The predicted molar refractivity (Wildman–Crippen MR) is 75.9 cm³/mol. The van der Waals surface area contributed by atoms with Crippen LogP contribution in [-0.4, -0.2) is 19.5 Å². The number of hydrogen-bond donors (Lipinski definition) is 1. The number of halogens is 1. The lowest BCUT2D eigenvalue weighted by molar-refractivity contribution is 0.805. The Morgan fingerprint density at radius 2 is 2.33 bits per heavy atom. The van der Waals surface area contributed by atoms with E-state index in [0.29, 0.717) is 16.3 Å². The number of aromatic nitrogens is 4. The number of H-pyrrole nitrogens is 1. The van der Waals surface area contributed by atoms with Crippen molar-refractivity contribution in [1.29, 1.82) is 0 Å². The SMILES string of the molecule is Cc1ncsc1Cn1c(=S)[nH]c2cc(Cl)cnc21. The molecule has 0 unspecified atom stereocenters. The number of aryl methyl sites for hydroxylation is 1. The van der Waals surface area contributed by atoms with Crippen molar-refractivity contribution in [3.05, 3.63) is 38.1 Å². The molecule has 0 saturated heterocycles. The van der Waals surface area contributed by atoms with Crippen LogP contribution >= 0.6 is 35.2 Å². The Kier molecular flexibility index (Phi) is 2.93. The van der Waals surface area contributed by atoms with E-state index in [0.717, 1.165) is 16.9 Å². The van der Waals surface area contributed by atoms with Gasteiger partial charge in [0.05, 0.1) is 28.3 Å². The molecule has 3 aromatic heterocycles. The minimum atomic E-state index is 0.597. The molecule has 18 heavy (non-hydrogen) atoms. The fourth-order valence-electron chi connectivity index (χ4n) is 1.79. The zero-order chi connectivity index (χ0) is 12.7. The summed E-state index contributed by atoms with van der Waals surface area (Å²) in [5, 5.41) is 0.597. The second-order valence-electron chi connectivity index (χ2n) is 3.90. The average molecular weight is 297 g/mol. The average Bonchev–Trinajstić information content (AvgIpc) is 2.85. The minimum absolute atomic E-state index is 0.597. The van der Waals surface area contributed by atoms with E-state index in [1.807, 2.05) is 23.1 Å². The Labute approximate surface area is 117 Å². The van der Waals surface area contributed by atoms with Gasteiger partial charge in [-0.05, 0) is 25.2 Å². The number of aromatic amines is 1. The van der Waals surface area contributed by atoms with Gasteiger partial charge in [0.25, 0.3) is 0 Å². The van der Waals surface area contributed by atoms with E-state index in [4.69, 9.17) is 23.8 Å². The summed E-state index contributed by atoms with van der Waals surface area (Å²) in [6, 6.07) is 1.83. The molecule has 0 amide bonds. The lowest BCUT2D eigenvalue weighted by Gasteiger charge is -2.02. The van der Waals surface area contributed by atoms with Crippen LogP contribution < -0.4 is 0 Å². The van der Waals surface area contributed by atoms with Gasteiger partial charge >= 0.3 is 0 Å². The standard InChI is InChI=1S/C11H9ClN4S2/c1-6-9(18-5-14-6)4-16-10-8(15-11(16)17)2-7(12)3-13-10/h2-3,5H,4H2,1H3,(H,15,17).